The third-order valence-electron chi connectivity index (χ3n) is 3.46. The number of hydrogen-bond donors (Lipinski definition) is 1. The summed E-state index contributed by atoms with van der Waals surface area (Å²) >= 11 is 3.27. The van der Waals surface area contributed by atoms with Crippen LogP contribution in [0.15, 0.2) is 22.7 Å². The third-order valence-corrected chi connectivity index (χ3v) is 3.92. The van der Waals surface area contributed by atoms with Gasteiger partial charge in [0, 0.05) is 10.9 Å². The molecule has 0 aliphatic heterocycles. The summed E-state index contributed by atoms with van der Waals surface area (Å²) in [6.07, 6.45) is 5.07. The van der Waals surface area contributed by atoms with E-state index in [4.69, 9.17) is 0 Å². The minimum absolute atomic E-state index is 0.256. The van der Waals surface area contributed by atoms with Gasteiger partial charge in [-0.3, -0.25) is 0 Å². The summed E-state index contributed by atoms with van der Waals surface area (Å²) in [5.74, 6) is 0.399. The second-order valence-electron chi connectivity index (χ2n) is 5.45. The van der Waals surface area contributed by atoms with Crippen LogP contribution in [0.5, 0.6) is 0 Å². The zero-order chi connectivity index (χ0) is 12.5. The van der Waals surface area contributed by atoms with Gasteiger partial charge in [-0.2, -0.15) is 0 Å². The number of hydrogen-bond acceptors (Lipinski definition) is 1. The average Bonchev–Trinajstić information content (AvgIpc) is 2.09. The van der Waals surface area contributed by atoms with Crippen molar-refractivity contribution in [2.24, 2.45) is 5.92 Å². The van der Waals surface area contributed by atoms with Gasteiger partial charge >= 0.3 is 0 Å². The van der Waals surface area contributed by atoms with Crippen molar-refractivity contribution < 1.29 is 9.50 Å². The van der Waals surface area contributed by atoms with Crippen LogP contribution in [-0.2, 0) is 6.42 Å². The van der Waals surface area contributed by atoms with Gasteiger partial charge in [0.1, 0.15) is 5.82 Å². The maximum Gasteiger partial charge on any atom is 0.124 e. The monoisotopic (exact) mass is 300 g/mol. The van der Waals surface area contributed by atoms with E-state index in [1.54, 1.807) is 0 Å². The maximum absolute atomic E-state index is 13.2. The van der Waals surface area contributed by atoms with Crippen molar-refractivity contribution in [2.45, 2.75) is 44.6 Å². The van der Waals surface area contributed by atoms with Crippen LogP contribution in [0.2, 0.25) is 0 Å². The van der Waals surface area contributed by atoms with Gasteiger partial charge in [0.2, 0.25) is 0 Å². The van der Waals surface area contributed by atoms with Crippen molar-refractivity contribution in [1.29, 1.82) is 0 Å². The smallest absolute Gasteiger partial charge is 0.124 e. The summed E-state index contributed by atoms with van der Waals surface area (Å²) in [7, 11) is 0. The lowest BCUT2D eigenvalue weighted by Gasteiger charge is -2.33. The van der Waals surface area contributed by atoms with E-state index < -0.39 is 5.60 Å². The Morgan fingerprint density at radius 3 is 2.65 bits per heavy atom. The Balaban J connectivity index is 2.02. The molecule has 1 aromatic rings. The van der Waals surface area contributed by atoms with Gasteiger partial charge in [-0.25, -0.2) is 4.39 Å². The Morgan fingerprint density at radius 1 is 1.41 bits per heavy atom. The topological polar surface area (TPSA) is 20.2 Å². The minimum Gasteiger partial charge on any atom is -0.390 e. The van der Waals surface area contributed by atoms with Gasteiger partial charge in [-0.1, -0.05) is 35.2 Å². The van der Waals surface area contributed by atoms with Crippen LogP contribution in [0.25, 0.3) is 0 Å². The molecule has 1 nitrogen and oxygen atoms in total. The van der Waals surface area contributed by atoms with Crippen LogP contribution in [0.4, 0.5) is 4.39 Å². The fraction of sp³-hybridized carbons (Fsp3) is 0.571. The van der Waals surface area contributed by atoms with Crippen LogP contribution < -0.4 is 0 Å². The molecule has 1 fully saturated rings. The second-order valence-corrected chi connectivity index (χ2v) is 6.37. The quantitative estimate of drug-likeness (QED) is 0.888. The molecule has 94 valence electrons. The number of benzene rings is 1. The first-order chi connectivity index (χ1) is 7.94. The molecular formula is C14H18BrFO. The first kappa shape index (κ1) is 13.0. The highest BCUT2D eigenvalue weighted by atomic mass is 79.9. The molecule has 0 spiro atoms. The average molecular weight is 301 g/mol. The van der Waals surface area contributed by atoms with Crippen molar-refractivity contribution in [3.05, 3.63) is 34.1 Å². The Kier molecular flexibility index (Phi) is 3.88. The van der Waals surface area contributed by atoms with Crippen LogP contribution in [0, 0.1) is 11.7 Å². The van der Waals surface area contributed by atoms with E-state index in [0.717, 1.165) is 16.5 Å². The summed E-state index contributed by atoms with van der Waals surface area (Å²) in [6, 6.07) is 4.81. The highest BCUT2D eigenvalue weighted by molar-refractivity contribution is 9.10. The maximum atomic E-state index is 13.2. The third kappa shape index (κ3) is 3.78. The molecule has 1 aliphatic carbocycles. The fourth-order valence-electron chi connectivity index (χ4n) is 2.54. The SMILES string of the molecule is CC(O)(Cc1cc(F)cc(Br)c1)CC1CCC1. The van der Waals surface area contributed by atoms with E-state index in [2.05, 4.69) is 15.9 Å². The van der Waals surface area contributed by atoms with Gasteiger partial charge < -0.3 is 5.11 Å². The zero-order valence-electron chi connectivity index (χ0n) is 10.0. The molecule has 1 aliphatic rings. The van der Waals surface area contributed by atoms with Crippen molar-refractivity contribution in [3.8, 4) is 0 Å². The normalized spacial score (nSPS) is 19.8. The first-order valence-corrected chi connectivity index (χ1v) is 6.91. The van der Waals surface area contributed by atoms with E-state index >= 15 is 0 Å². The van der Waals surface area contributed by atoms with Gasteiger partial charge in [-0.15, -0.1) is 0 Å². The van der Waals surface area contributed by atoms with Crippen molar-refractivity contribution in [1.82, 2.24) is 0 Å². The summed E-state index contributed by atoms with van der Waals surface area (Å²) in [4.78, 5) is 0. The lowest BCUT2D eigenvalue weighted by molar-refractivity contribution is 0.0204. The van der Waals surface area contributed by atoms with Gasteiger partial charge in [0.25, 0.3) is 0 Å². The standard InChI is InChI=1S/C14H18BrFO/c1-14(17,8-10-3-2-4-10)9-11-5-12(15)7-13(16)6-11/h5-7,10,17H,2-4,8-9H2,1H3. The van der Waals surface area contributed by atoms with Gasteiger partial charge in [0.15, 0.2) is 0 Å². The lowest BCUT2D eigenvalue weighted by Crippen LogP contribution is -2.32. The van der Waals surface area contributed by atoms with E-state index in [-0.39, 0.29) is 5.82 Å². The molecule has 0 saturated heterocycles. The summed E-state index contributed by atoms with van der Waals surface area (Å²) in [5, 5.41) is 10.3. The molecule has 3 heteroatoms. The Labute approximate surface area is 110 Å². The lowest BCUT2D eigenvalue weighted by atomic mass is 9.76. The minimum atomic E-state index is -0.724. The van der Waals surface area contributed by atoms with E-state index in [1.165, 1.54) is 31.4 Å². The van der Waals surface area contributed by atoms with Crippen molar-refractivity contribution in [2.75, 3.05) is 0 Å². The first-order valence-electron chi connectivity index (χ1n) is 6.12. The molecule has 0 bridgehead atoms. The van der Waals surface area contributed by atoms with E-state index in [1.807, 2.05) is 13.0 Å². The summed E-state index contributed by atoms with van der Waals surface area (Å²) in [5.41, 5.74) is 0.124. The van der Waals surface area contributed by atoms with Crippen LogP contribution in [0.1, 0.15) is 38.2 Å². The van der Waals surface area contributed by atoms with E-state index in [9.17, 15) is 9.50 Å². The van der Waals surface area contributed by atoms with E-state index in [0.29, 0.717) is 12.3 Å². The Bertz CT molecular complexity index is 379. The Morgan fingerprint density at radius 2 is 2.12 bits per heavy atom. The number of halogens is 2. The summed E-state index contributed by atoms with van der Waals surface area (Å²) < 4.78 is 14.0. The largest absolute Gasteiger partial charge is 0.390 e. The molecule has 0 aromatic heterocycles. The molecule has 1 saturated carbocycles. The molecule has 1 N–H and O–H groups in total. The molecule has 0 heterocycles. The zero-order valence-corrected chi connectivity index (χ0v) is 11.6. The van der Waals surface area contributed by atoms with Crippen LogP contribution in [-0.4, -0.2) is 10.7 Å². The van der Waals surface area contributed by atoms with Gasteiger partial charge in [-0.05, 0) is 43.0 Å². The number of rotatable bonds is 4. The predicted molar refractivity (Wildman–Crippen MR) is 70.4 cm³/mol. The second kappa shape index (κ2) is 5.07. The van der Waals surface area contributed by atoms with Crippen molar-refractivity contribution in [3.63, 3.8) is 0 Å². The molecule has 1 aromatic carbocycles. The fourth-order valence-corrected chi connectivity index (χ4v) is 3.06. The molecule has 0 radical (unpaired) electrons. The molecule has 2 rings (SSSR count). The summed E-state index contributed by atoms with van der Waals surface area (Å²) in [6.45, 7) is 1.85. The van der Waals surface area contributed by atoms with Crippen LogP contribution in [0.3, 0.4) is 0 Å². The van der Waals surface area contributed by atoms with Crippen LogP contribution >= 0.6 is 15.9 Å². The number of aliphatic hydroxyl groups is 1. The molecule has 1 atom stereocenters. The molecular weight excluding hydrogens is 283 g/mol. The van der Waals surface area contributed by atoms with Crippen molar-refractivity contribution >= 4 is 15.9 Å². The highest BCUT2D eigenvalue weighted by Gasteiger charge is 2.29. The van der Waals surface area contributed by atoms with Gasteiger partial charge in [0.05, 0.1) is 5.60 Å². The Hall–Kier alpha value is -0.410. The highest BCUT2D eigenvalue weighted by Crippen LogP contribution is 2.35. The predicted octanol–water partition coefficient (Wildman–Crippen LogP) is 4.07. The molecule has 0 amide bonds. The molecule has 17 heavy (non-hydrogen) atoms. The molecule has 1 unspecified atom stereocenters.